The number of carbonyl (C=O) groups excluding carboxylic acids is 1. The minimum absolute atomic E-state index is 0.106. The topological polar surface area (TPSA) is 44.8 Å². The summed E-state index contributed by atoms with van der Waals surface area (Å²) in [6, 6.07) is 11.1. The maximum Gasteiger partial charge on any atom is 0.287 e. The van der Waals surface area contributed by atoms with Crippen molar-refractivity contribution in [2.45, 2.75) is 24.7 Å². The van der Waals surface area contributed by atoms with E-state index >= 15 is 0 Å². The molecule has 0 fully saturated rings. The van der Waals surface area contributed by atoms with Gasteiger partial charge in [0.15, 0.2) is 0 Å². The van der Waals surface area contributed by atoms with Crippen LogP contribution >= 0.6 is 11.3 Å². The van der Waals surface area contributed by atoms with Gasteiger partial charge in [-0.25, -0.2) is 0 Å². The van der Waals surface area contributed by atoms with Gasteiger partial charge in [-0.15, -0.1) is 11.3 Å². The lowest BCUT2D eigenvalue weighted by Crippen LogP contribution is -2.64. The van der Waals surface area contributed by atoms with Gasteiger partial charge in [-0.1, -0.05) is 31.2 Å². The minimum atomic E-state index is -1.31. The van der Waals surface area contributed by atoms with Crippen LogP contribution in [0.15, 0.2) is 53.4 Å². The Balaban J connectivity index is 2.04. The zero-order chi connectivity index (χ0) is 16.8. The van der Waals surface area contributed by atoms with Crippen molar-refractivity contribution < 1.29 is 19.0 Å². The van der Waals surface area contributed by atoms with Crippen molar-refractivity contribution in [3.8, 4) is 5.75 Å². The Labute approximate surface area is 144 Å². The highest BCUT2D eigenvalue weighted by Gasteiger charge is 2.68. The van der Waals surface area contributed by atoms with Crippen molar-refractivity contribution in [3.05, 3.63) is 63.9 Å². The number of fused-ring (bicyclic) bond motifs is 1. The number of ether oxygens (including phenoxy) is 3. The first-order chi connectivity index (χ1) is 11.7. The third-order valence-corrected chi connectivity index (χ3v) is 5.72. The van der Waals surface area contributed by atoms with Crippen LogP contribution in [0.1, 0.15) is 28.6 Å². The summed E-state index contributed by atoms with van der Waals surface area (Å²) in [6.07, 6.45) is 2.66. The fraction of sp³-hybridized carbons (Fsp3) is 0.316. The molecule has 4 nitrogen and oxygen atoms in total. The molecule has 2 aromatic rings. The summed E-state index contributed by atoms with van der Waals surface area (Å²) in [5.74, 6) is -0.898. The Hall–Kier alpha value is -1.95. The molecule has 4 rings (SSSR count). The van der Waals surface area contributed by atoms with E-state index in [0.717, 1.165) is 10.5 Å². The second kappa shape index (κ2) is 5.55. The first kappa shape index (κ1) is 15.6. The fourth-order valence-corrected chi connectivity index (χ4v) is 4.58. The molecule has 0 N–H and O–H groups in total. The Bertz CT molecular complexity index is 811. The van der Waals surface area contributed by atoms with E-state index < -0.39 is 11.4 Å². The van der Waals surface area contributed by atoms with Gasteiger partial charge in [0.1, 0.15) is 5.75 Å². The van der Waals surface area contributed by atoms with Crippen LogP contribution in [0.3, 0.4) is 0 Å². The number of hydrogen-bond acceptors (Lipinski definition) is 5. The summed E-state index contributed by atoms with van der Waals surface area (Å²) in [5, 5.41) is 1.95. The van der Waals surface area contributed by atoms with Crippen molar-refractivity contribution in [1.82, 2.24) is 0 Å². The maximum absolute atomic E-state index is 13.6. The number of Topliss-reactive ketones (excluding diaryl/α,β-unsaturated/α-hetero) is 1. The molecule has 5 heteroatoms. The molecule has 2 aliphatic rings. The Morgan fingerprint density at radius 1 is 1.25 bits per heavy atom. The molecule has 0 bridgehead atoms. The summed E-state index contributed by atoms with van der Waals surface area (Å²) in [7, 11) is 1.57. The van der Waals surface area contributed by atoms with Crippen LogP contribution in [-0.2, 0) is 15.3 Å². The first-order valence-electron chi connectivity index (χ1n) is 7.95. The van der Waals surface area contributed by atoms with Crippen molar-refractivity contribution in [2.75, 3.05) is 13.7 Å². The highest BCUT2D eigenvalue weighted by atomic mass is 32.1. The van der Waals surface area contributed by atoms with E-state index in [9.17, 15) is 4.79 Å². The molecule has 24 heavy (non-hydrogen) atoms. The smallest absolute Gasteiger partial charge is 0.287 e. The van der Waals surface area contributed by atoms with Crippen LogP contribution in [0.5, 0.6) is 5.75 Å². The standard InChI is InChI=1S/C19H18O4S/c1-3-13-10-11-22-18(13)17(20)14-7-4-5-8-15(14)23-19(18,21-2)16-9-6-12-24-16/h4-10,12H,3,11H2,1-2H3/t18-,19+/m1/s1. The Kier molecular flexibility index (Phi) is 3.60. The van der Waals surface area contributed by atoms with Crippen molar-refractivity contribution in [3.63, 3.8) is 0 Å². The summed E-state index contributed by atoms with van der Waals surface area (Å²) < 4.78 is 18.4. The molecule has 3 heterocycles. The van der Waals surface area contributed by atoms with Crippen LogP contribution in [0.25, 0.3) is 0 Å². The van der Waals surface area contributed by atoms with Gasteiger partial charge in [-0.05, 0) is 35.6 Å². The largest absolute Gasteiger partial charge is 0.452 e. The van der Waals surface area contributed by atoms with Gasteiger partial charge < -0.3 is 14.2 Å². The Morgan fingerprint density at radius 2 is 2.08 bits per heavy atom. The van der Waals surface area contributed by atoms with Gasteiger partial charge in [-0.2, -0.15) is 0 Å². The number of methoxy groups -OCH3 is 1. The maximum atomic E-state index is 13.6. The van der Waals surface area contributed by atoms with Gasteiger partial charge in [0.05, 0.1) is 17.0 Å². The molecule has 1 aromatic heterocycles. The number of thiophene rings is 1. The molecule has 124 valence electrons. The summed E-state index contributed by atoms with van der Waals surface area (Å²) in [6.45, 7) is 2.39. The van der Waals surface area contributed by atoms with E-state index in [1.165, 1.54) is 11.3 Å². The van der Waals surface area contributed by atoms with Crippen LogP contribution in [0, 0.1) is 0 Å². The normalized spacial score (nSPS) is 28.6. The summed E-state index contributed by atoms with van der Waals surface area (Å²) in [5.41, 5.74) is 0.149. The number of para-hydroxylation sites is 1. The zero-order valence-electron chi connectivity index (χ0n) is 13.6. The molecule has 0 amide bonds. The molecule has 0 radical (unpaired) electrons. The SMILES string of the molecule is CCC1=CCO[C@@]12C(=O)c1ccccc1O[C@@]2(OC)c1cccs1. The molecule has 0 aliphatic carbocycles. The predicted molar refractivity (Wildman–Crippen MR) is 91.5 cm³/mol. The van der Waals surface area contributed by atoms with Gasteiger partial charge in [-0.3, -0.25) is 4.79 Å². The average Bonchev–Trinajstić information content (AvgIpc) is 3.29. The van der Waals surface area contributed by atoms with E-state index in [1.54, 1.807) is 19.2 Å². The van der Waals surface area contributed by atoms with Crippen LogP contribution in [0.4, 0.5) is 0 Å². The molecular weight excluding hydrogens is 324 g/mol. The lowest BCUT2D eigenvalue weighted by molar-refractivity contribution is -0.259. The first-order valence-corrected chi connectivity index (χ1v) is 8.83. The molecule has 1 spiro atoms. The van der Waals surface area contributed by atoms with Crippen molar-refractivity contribution in [1.29, 1.82) is 0 Å². The monoisotopic (exact) mass is 342 g/mol. The second-order valence-corrected chi connectivity index (χ2v) is 6.75. The van der Waals surface area contributed by atoms with Gasteiger partial charge in [0, 0.05) is 7.11 Å². The lowest BCUT2D eigenvalue weighted by Gasteiger charge is -2.48. The fourth-order valence-electron chi connectivity index (χ4n) is 3.70. The number of hydrogen-bond donors (Lipinski definition) is 0. The quantitative estimate of drug-likeness (QED) is 0.793. The summed E-state index contributed by atoms with van der Waals surface area (Å²) >= 11 is 1.49. The van der Waals surface area contributed by atoms with Gasteiger partial charge in [0.2, 0.25) is 11.4 Å². The van der Waals surface area contributed by atoms with E-state index in [2.05, 4.69) is 0 Å². The van der Waals surface area contributed by atoms with Crippen molar-refractivity contribution >= 4 is 17.1 Å². The molecule has 0 unspecified atom stereocenters. The van der Waals surface area contributed by atoms with Crippen LogP contribution in [0.2, 0.25) is 0 Å². The Morgan fingerprint density at radius 3 is 2.79 bits per heavy atom. The predicted octanol–water partition coefficient (Wildman–Crippen LogP) is 3.93. The van der Waals surface area contributed by atoms with E-state index in [1.807, 2.05) is 42.6 Å². The summed E-state index contributed by atoms with van der Waals surface area (Å²) in [4.78, 5) is 14.4. The molecule has 0 saturated carbocycles. The van der Waals surface area contributed by atoms with Crippen molar-refractivity contribution in [2.24, 2.45) is 0 Å². The highest BCUT2D eigenvalue weighted by molar-refractivity contribution is 7.10. The van der Waals surface area contributed by atoms with Crippen LogP contribution in [-0.4, -0.2) is 25.1 Å². The molecule has 0 saturated heterocycles. The molecular formula is C19H18O4S. The highest BCUT2D eigenvalue weighted by Crippen LogP contribution is 2.54. The van der Waals surface area contributed by atoms with Crippen LogP contribution < -0.4 is 4.74 Å². The molecule has 2 aliphatic heterocycles. The van der Waals surface area contributed by atoms with Gasteiger partial charge >= 0.3 is 0 Å². The van der Waals surface area contributed by atoms with E-state index in [-0.39, 0.29) is 5.78 Å². The second-order valence-electron chi connectivity index (χ2n) is 5.80. The van der Waals surface area contributed by atoms with Gasteiger partial charge in [0.25, 0.3) is 5.79 Å². The molecule has 2 atom stereocenters. The number of ketones is 1. The number of carbonyl (C=O) groups is 1. The van der Waals surface area contributed by atoms with E-state index in [4.69, 9.17) is 14.2 Å². The number of rotatable bonds is 3. The zero-order valence-corrected chi connectivity index (χ0v) is 14.4. The average molecular weight is 342 g/mol. The lowest BCUT2D eigenvalue weighted by atomic mass is 9.75. The molecule has 1 aromatic carbocycles. The number of benzene rings is 1. The third kappa shape index (κ3) is 1.77. The third-order valence-electron chi connectivity index (χ3n) is 4.76. The minimum Gasteiger partial charge on any atom is -0.452 e. The van der Waals surface area contributed by atoms with E-state index in [0.29, 0.717) is 24.3 Å².